The minimum Gasteiger partial charge on any atom is -0.458 e. The highest BCUT2D eigenvalue weighted by atomic mass is 19.1. The third kappa shape index (κ3) is 2.75. The van der Waals surface area contributed by atoms with Crippen molar-refractivity contribution in [2.24, 2.45) is 0 Å². The number of nitrogens with zero attached hydrogens (tertiary/aromatic N) is 3. The number of cyclic esters (lactones) is 1. The Morgan fingerprint density at radius 3 is 2.71 bits per heavy atom. The molecule has 1 aromatic carbocycles. The third-order valence-electron chi connectivity index (χ3n) is 8.29. The summed E-state index contributed by atoms with van der Waals surface area (Å²) in [7, 11) is 5.56. The van der Waals surface area contributed by atoms with Gasteiger partial charge in [-0.3, -0.25) is 4.79 Å². The lowest BCUT2D eigenvalue weighted by atomic mass is 9.81. The van der Waals surface area contributed by atoms with Crippen LogP contribution in [0.3, 0.4) is 0 Å². The lowest BCUT2D eigenvalue weighted by molar-refractivity contribution is -0.176. The topological polar surface area (TPSA) is 73.7 Å². The van der Waals surface area contributed by atoms with Crippen LogP contribution < -0.4 is 5.56 Å². The standard InChI is InChI=1S/C27H28FN3O4/c1-6-27(34-5)17-9-21-24-15(11-31(21)25(32)16(17)12-35-26(27)33)23-20(30(3)4)8-7-14-13(2)18(28)10-19(29-24)22(14)23/h9-10,20H,6-8,11-12H2,1-5H3. The van der Waals surface area contributed by atoms with Crippen LogP contribution in [0.2, 0.25) is 0 Å². The van der Waals surface area contributed by atoms with Crippen LogP contribution in [-0.2, 0) is 39.4 Å². The van der Waals surface area contributed by atoms with E-state index in [0.717, 1.165) is 34.9 Å². The van der Waals surface area contributed by atoms with Gasteiger partial charge in [0.15, 0.2) is 5.60 Å². The van der Waals surface area contributed by atoms with Crippen LogP contribution in [-0.4, -0.2) is 41.6 Å². The van der Waals surface area contributed by atoms with Crippen molar-refractivity contribution >= 4 is 16.9 Å². The summed E-state index contributed by atoms with van der Waals surface area (Å²) in [6, 6.07) is 3.50. The van der Waals surface area contributed by atoms with Gasteiger partial charge in [0.2, 0.25) is 0 Å². The summed E-state index contributed by atoms with van der Waals surface area (Å²) >= 11 is 0. The first-order valence-electron chi connectivity index (χ1n) is 12.0. The van der Waals surface area contributed by atoms with Crippen LogP contribution in [0.25, 0.3) is 22.3 Å². The number of carbonyl (C=O) groups is 1. The zero-order valence-electron chi connectivity index (χ0n) is 20.6. The zero-order chi connectivity index (χ0) is 24.8. The fourth-order valence-electron chi connectivity index (χ4n) is 6.37. The number of esters is 1. The van der Waals surface area contributed by atoms with Gasteiger partial charge in [0, 0.05) is 35.7 Å². The SMILES string of the molecule is CCC1(OC)C(=O)OCc2c1cc1n(c2=O)Cc2c-1nc1cc(F)c(C)c3c1c2C(N(C)C)CC3. The number of fused-ring (bicyclic) bond motifs is 5. The second kappa shape index (κ2) is 7.45. The number of benzene rings is 1. The molecule has 1 aliphatic carbocycles. The van der Waals surface area contributed by atoms with Crippen LogP contribution in [0.4, 0.5) is 4.39 Å². The average Bonchev–Trinajstić information content (AvgIpc) is 3.21. The van der Waals surface area contributed by atoms with Crippen molar-refractivity contribution in [3.63, 3.8) is 0 Å². The van der Waals surface area contributed by atoms with Crippen molar-refractivity contribution in [1.82, 2.24) is 14.5 Å². The fraction of sp³-hybridized carbons (Fsp3) is 0.444. The summed E-state index contributed by atoms with van der Waals surface area (Å²) in [6.45, 7) is 3.97. The van der Waals surface area contributed by atoms with E-state index in [1.165, 1.54) is 13.2 Å². The maximum Gasteiger partial charge on any atom is 0.343 e. The Balaban J connectivity index is 1.70. The molecule has 2 aromatic heterocycles. The quantitative estimate of drug-likeness (QED) is 0.419. The first-order chi connectivity index (χ1) is 16.7. The van der Waals surface area contributed by atoms with Crippen molar-refractivity contribution in [3.8, 4) is 11.4 Å². The lowest BCUT2D eigenvalue weighted by Crippen LogP contribution is -2.45. The fourth-order valence-corrected chi connectivity index (χ4v) is 6.37. The molecule has 0 amide bonds. The molecule has 0 radical (unpaired) electrons. The molecule has 0 bridgehead atoms. The van der Waals surface area contributed by atoms with Crippen LogP contribution in [0.15, 0.2) is 16.9 Å². The van der Waals surface area contributed by atoms with Crippen molar-refractivity contribution in [1.29, 1.82) is 0 Å². The Morgan fingerprint density at radius 2 is 2.03 bits per heavy atom. The van der Waals surface area contributed by atoms with E-state index in [0.29, 0.717) is 46.6 Å². The molecule has 3 aromatic rings. The molecule has 2 aliphatic heterocycles. The summed E-state index contributed by atoms with van der Waals surface area (Å²) < 4.78 is 27.7. The third-order valence-corrected chi connectivity index (χ3v) is 8.29. The molecule has 2 unspecified atom stereocenters. The van der Waals surface area contributed by atoms with E-state index in [1.54, 1.807) is 4.57 Å². The first-order valence-corrected chi connectivity index (χ1v) is 12.0. The molecule has 7 nitrogen and oxygen atoms in total. The summed E-state index contributed by atoms with van der Waals surface area (Å²) in [5.74, 6) is -0.754. The average molecular weight is 478 g/mol. The number of aryl methyl sites for hydroxylation is 1. The molecule has 4 heterocycles. The normalized spacial score (nSPS) is 22.3. The molecule has 6 rings (SSSR count). The number of carbonyl (C=O) groups excluding carboxylic acids is 1. The Labute approximate surface area is 202 Å². The highest BCUT2D eigenvalue weighted by Gasteiger charge is 2.47. The molecular formula is C27H28FN3O4. The maximum absolute atomic E-state index is 14.9. The number of pyridine rings is 2. The Morgan fingerprint density at radius 1 is 1.26 bits per heavy atom. The smallest absolute Gasteiger partial charge is 0.343 e. The predicted octanol–water partition coefficient (Wildman–Crippen LogP) is 3.73. The number of hydrogen-bond acceptors (Lipinski definition) is 6. The molecule has 0 fully saturated rings. The van der Waals surface area contributed by atoms with E-state index in [-0.39, 0.29) is 24.0 Å². The lowest BCUT2D eigenvalue weighted by Gasteiger charge is -2.35. The first kappa shape index (κ1) is 22.4. The summed E-state index contributed by atoms with van der Waals surface area (Å²) in [5.41, 5.74) is 5.16. The van der Waals surface area contributed by atoms with Gasteiger partial charge in [-0.15, -0.1) is 0 Å². The largest absolute Gasteiger partial charge is 0.458 e. The minimum absolute atomic E-state index is 0.0775. The van der Waals surface area contributed by atoms with E-state index in [9.17, 15) is 14.0 Å². The van der Waals surface area contributed by atoms with Gasteiger partial charge in [-0.1, -0.05) is 6.92 Å². The number of ether oxygens (including phenoxy) is 2. The molecule has 0 saturated heterocycles. The Kier molecular flexibility index (Phi) is 4.76. The number of rotatable bonds is 3. The van der Waals surface area contributed by atoms with Crippen LogP contribution in [0.5, 0.6) is 0 Å². The maximum atomic E-state index is 14.9. The second-order valence-corrected chi connectivity index (χ2v) is 10.0. The molecule has 0 spiro atoms. The predicted molar refractivity (Wildman–Crippen MR) is 129 cm³/mol. The van der Waals surface area contributed by atoms with Gasteiger partial charge in [-0.2, -0.15) is 0 Å². The molecule has 182 valence electrons. The zero-order valence-corrected chi connectivity index (χ0v) is 20.6. The van der Waals surface area contributed by atoms with Gasteiger partial charge in [0.1, 0.15) is 12.4 Å². The van der Waals surface area contributed by atoms with Gasteiger partial charge in [-0.05, 0) is 63.0 Å². The summed E-state index contributed by atoms with van der Waals surface area (Å²) in [5, 5.41) is 1.01. The van der Waals surface area contributed by atoms with Crippen LogP contribution >= 0.6 is 0 Å². The Bertz CT molecular complexity index is 1500. The van der Waals surface area contributed by atoms with Crippen LogP contribution in [0.1, 0.15) is 59.2 Å². The molecule has 8 heteroatoms. The molecule has 0 N–H and O–H groups in total. The number of hydrogen-bond donors (Lipinski definition) is 0. The van der Waals surface area contributed by atoms with E-state index in [4.69, 9.17) is 14.5 Å². The van der Waals surface area contributed by atoms with E-state index in [2.05, 4.69) is 19.0 Å². The van der Waals surface area contributed by atoms with Gasteiger partial charge < -0.3 is 18.9 Å². The van der Waals surface area contributed by atoms with E-state index < -0.39 is 11.6 Å². The van der Waals surface area contributed by atoms with E-state index >= 15 is 0 Å². The highest BCUT2D eigenvalue weighted by molar-refractivity contribution is 5.93. The van der Waals surface area contributed by atoms with E-state index in [1.807, 2.05) is 19.9 Å². The molecule has 2 atom stereocenters. The van der Waals surface area contributed by atoms with Gasteiger partial charge >= 0.3 is 5.97 Å². The molecule has 35 heavy (non-hydrogen) atoms. The monoisotopic (exact) mass is 477 g/mol. The van der Waals surface area contributed by atoms with Crippen molar-refractivity contribution in [3.05, 3.63) is 61.7 Å². The summed E-state index contributed by atoms with van der Waals surface area (Å²) in [6.07, 6.45) is 1.98. The van der Waals surface area contributed by atoms with Gasteiger partial charge in [0.25, 0.3) is 5.56 Å². The Hall–Kier alpha value is -3.10. The van der Waals surface area contributed by atoms with Gasteiger partial charge in [0.05, 0.1) is 29.0 Å². The van der Waals surface area contributed by atoms with Gasteiger partial charge in [-0.25, -0.2) is 14.2 Å². The van der Waals surface area contributed by atoms with Crippen molar-refractivity contribution in [2.45, 2.75) is 57.9 Å². The summed E-state index contributed by atoms with van der Waals surface area (Å²) in [4.78, 5) is 33.6. The van der Waals surface area contributed by atoms with Crippen molar-refractivity contribution in [2.75, 3.05) is 21.2 Å². The molecular weight excluding hydrogens is 449 g/mol. The number of methoxy groups -OCH3 is 1. The molecule has 0 saturated carbocycles. The van der Waals surface area contributed by atoms with Crippen molar-refractivity contribution < 1.29 is 18.7 Å². The minimum atomic E-state index is -1.33. The second-order valence-electron chi connectivity index (χ2n) is 10.0. The number of halogens is 1. The number of aromatic nitrogens is 2. The van der Waals surface area contributed by atoms with Crippen LogP contribution in [0, 0.1) is 12.7 Å². The molecule has 3 aliphatic rings. The highest BCUT2D eigenvalue weighted by Crippen LogP contribution is 2.47.